The van der Waals surface area contributed by atoms with Gasteiger partial charge in [-0.1, -0.05) is 15.9 Å². The summed E-state index contributed by atoms with van der Waals surface area (Å²) in [6.45, 7) is 3.56. The Morgan fingerprint density at radius 2 is 2.00 bits per heavy atom. The first-order valence-corrected chi connectivity index (χ1v) is 8.34. The number of carboxylic acids is 1. The van der Waals surface area contributed by atoms with Crippen molar-refractivity contribution < 1.29 is 23.1 Å². The number of benzene rings is 1. The second kappa shape index (κ2) is 6.24. The molecule has 1 rings (SSSR count). The molecule has 20 heavy (non-hydrogen) atoms. The van der Waals surface area contributed by atoms with Crippen LogP contribution in [-0.2, 0) is 14.6 Å². The Kier molecular flexibility index (Phi) is 5.34. The molecule has 0 aliphatic rings. The largest absolute Gasteiger partial charge is 0.478 e. The van der Waals surface area contributed by atoms with Crippen LogP contribution < -0.4 is 0 Å². The van der Waals surface area contributed by atoms with Crippen LogP contribution >= 0.6 is 15.9 Å². The van der Waals surface area contributed by atoms with Gasteiger partial charge in [-0.25, -0.2) is 13.2 Å². The van der Waals surface area contributed by atoms with E-state index in [1.165, 1.54) is 25.3 Å². The summed E-state index contributed by atoms with van der Waals surface area (Å²) in [6, 6.07) is 4.10. The monoisotopic (exact) mass is 364 g/mol. The molecule has 7 heteroatoms. The van der Waals surface area contributed by atoms with Crippen molar-refractivity contribution in [2.75, 3.05) is 12.9 Å². The number of sulfone groups is 1. The van der Waals surface area contributed by atoms with Gasteiger partial charge in [-0.05, 0) is 38.5 Å². The summed E-state index contributed by atoms with van der Waals surface area (Å²) in [5, 5.41) is 9.09. The van der Waals surface area contributed by atoms with Crippen molar-refractivity contribution in [3.63, 3.8) is 0 Å². The summed E-state index contributed by atoms with van der Waals surface area (Å²) < 4.78 is 30.4. The first kappa shape index (κ1) is 17.1. The number of aromatic carboxylic acids is 1. The van der Waals surface area contributed by atoms with Crippen LogP contribution in [0.2, 0.25) is 0 Å². The minimum Gasteiger partial charge on any atom is -0.478 e. The van der Waals surface area contributed by atoms with Gasteiger partial charge in [0.1, 0.15) is 0 Å². The molecule has 0 saturated heterocycles. The zero-order valence-corrected chi connectivity index (χ0v) is 13.9. The second-order valence-corrected chi connectivity index (χ2v) is 7.97. The van der Waals surface area contributed by atoms with Gasteiger partial charge in [0, 0.05) is 11.6 Å². The molecule has 0 aromatic heterocycles. The lowest BCUT2D eigenvalue weighted by atomic mass is 10.1. The number of ether oxygens (including phenoxy) is 1. The van der Waals surface area contributed by atoms with E-state index in [0.717, 1.165) is 0 Å². The van der Waals surface area contributed by atoms with Crippen molar-refractivity contribution in [1.82, 2.24) is 0 Å². The SMILES string of the molecule is COC(C)(C)CCS(=O)(=O)c1cc(Br)ccc1C(=O)O. The lowest BCUT2D eigenvalue weighted by Gasteiger charge is -2.22. The minimum atomic E-state index is -3.69. The molecule has 1 aromatic carbocycles. The third-order valence-corrected chi connectivity index (χ3v) is 5.28. The molecule has 0 aliphatic carbocycles. The fourth-order valence-corrected chi connectivity index (χ4v) is 3.81. The molecule has 112 valence electrons. The highest BCUT2D eigenvalue weighted by molar-refractivity contribution is 9.10. The lowest BCUT2D eigenvalue weighted by Crippen LogP contribution is -2.26. The number of hydrogen-bond donors (Lipinski definition) is 1. The summed E-state index contributed by atoms with van der Waals surface area (Å²) in [6.07, 6.45) is 0.275. The van der Waals surface area contributed by atoms with Crippen LogP contribution in [0.4, 0.5) is 0 Å². The Morgan fingerprint density at radius 3 is 2.50 bits per heavy atom. The summed E-state index contributed by atoms with van der Waals surface area (Å²) in [4.78, 5) is 11.0. The Morgan fingerprint density at radius 1 is 1.40 bits per heavy atom. The molecule has 0 saturated carbocycles. The van der Waals surface area contributed by atoms with Crippen LogP contribution in [0.3, 0.4) is 0 Å². The van der Waals surface area contributed by atoms with Gasteiger partial charge in [-0.3, -0.25) is 0 Å². The van der Waals surface area contributed by atoms with E-state index in [2.05, 4.69) is 15.9 Å². The molecule has 1 N–H and O–H groups in total. The topological polar surface area (TPSA) is 80.7 Å². The number of halogens is 1. The third kappa shape index (κ3) is 4.29. The van der Waals surface area contributed by atoms with E-state index in [0.29, 0.717) is 4.47 Å². The zero-order chi connectivity index (χ0) is 15.6. The second-order valence-electron chi connectivity index (χ2n) is 4.98. The summed E-state index contributed by atoms with van der Waals surface area (Å²) in [5.74, 6) is -1.44. The van der Waals surface area contributed by atoms with Crippen LogP contribution in [-0.4, -0.2) is 38.0 Å². The number of methoxy groups -OCH3 is 1. The Balaban J connectivity index is 3.16. The molecule has 1 aromatic rings. The minimum absolute atomic E-state index is 0.175. The molecule has 0 aliphatic heterocycles. The number of rotatable bonds is 6. The molecule has 0 fully saturated rings. The molecule has 0 heterocycles. The van der Waals surface area contributed by atoms with Gasteiger partial charge in [-0.15, -0.1) is 0 Å². The Labute approximate surface area is 127 Å². The fourth-order valence-electron chi connectivity index (χ4n) is 1.52. The highest BCUT2D eigenvalue weighted by Gasteiger charge is 2.26. The number of hydrogen-bond acceptors (Lipinski definition) is 4. The highest BCUT2D eigenvalue weighted by atomic mass is 79.9. The van der Waals surface area contributed by atoms with Crippen LogP contribution in [0.25, 0.3) is 0 Å². The fraction of sp³-hybridized carbons (Fsp3) is 0.462. The van der Waals surface area contributed by atoms with Crippen molar-refractivity contribution in [1.29, 1.82) is 0 Å². The molecule has 5 nitrogen and oxygen atoms in total. The van der Waals surface area contributed by atoms with Crippen molar-refractivity contribution in [3.8, 4) is 0 Å². The maximum Gasteiger partial charge on any atom is 0.337 e. The summed E-state index contributed by atoms with van der Waals surface area (Å²) in [5.41, 5.74) is -0.800. The zero-order valence-electron chi connectivity index (χ0n) is 11.5. The molecular weight excluding hydrogens is 348 g/mol. The number of carboxylic acid groups (broad SMARTS) is 1. The van der Waals surface area contributed by atoms with E-state index < -0.39 is 21.4 Å². The van der Waals surface area contributed by atoms with Gasteiger partial charge in [0.2, 0.25) is 0 Å². The lowest BCUT2D eigenvalue weighted by molar-refractivity contribution is 0.0203. The van der Waals surface area contributed by atoms with Gasteiger partial charge >= 0.3 is 5.97 Å². The van der Waals surface area contributed by atoms with Gasteiger partial charge < -0.3 is 9.84 Å². The van der Waals surface area contributed by atoms with Gasteiger partial charge in [0.25, 0.3) is 0 Å². The van der Waals surface area contributed by atoms with Crippen LogP contribution in [0.5, 0.6) is 0 Å². The number of carbonyl (C=O) groups is 1. The van der Waals surface area contributed by atoms with Crippen molar-refractivity contribution in [2.45, 2.75) is 30.8 Å². The summed E-state index contributed by atoms with van der Waals surface area (Å²) >= 11 is 3.16. The van der Waals surface area contributed by atoms with Gasteiger partial charge in [0.05, 0.1) is 21.8 Å². The quantitative estimate of drug-likeness (QED) is 0.839. The van der Waals surface area contributed by atoms with E-state index in [1.54, 1.807) is 13.8 Å². The normalized spacial score (nSPS) is 12.4. The van der Waals surface area contributed by atoms with Crippen molar-refractivity contribution in [3.05, 3.63) is 28.2 Å². The molecule has 0 bridgehead atoms. The molecule has 0 spiro atoms. The van der Waals surface area contributed by atoms with E-state index in [4.69, 9.17) is 9.84 Å². The molecule has 0 radical (unpaired) electrons. The first-order valence-electron chi connectivity index (χ1n) is 5.90. The maximum atomic E-state index is 12.3. The van der Waals surface area contributed by atoms with Crippen molar-refractivity contribution >= 4 is 31.7 Å². The average Bonchev–Trinajstić information content (AvgIpc) is 2.36. The highest BCUT2D eigenvalue weighted by Crippen LogP contribution is 2.25. The standard InChI is InChI=1S/C13H17BrO5S/c1-13(2,19-3)6-7-20(17,18)11-8-9(14)4-5-10(11)12(15)16/h4-5,8H,6-7H2,1-3H3,(H,15,16). The molecule has 0 unspecified atom stereocenters. The first-order chi connectivity index (χ1) is 9.09. The van der Waals surface area contributed by atoms with Gasteiger partial charge in [-0.2, -0.15) is 0 Å². The van der Waals surface area contributed by atoms with E-state index in [1.807, 2.05) is 0 Å². The maximum absolute atomic E-state index is 12.3. The predicted octanol–water partition coefficient (Wildman–Crippen LogP) is 2.74. The Bertz CT molecular complexity index is 607. The summed E-state index contributed by atoms with van der Waals surface area (Å²) in [7, 11) is -2.18. The average molecular weight is 365 g/mol. The Hall–Kier alpha value is -0.920. The third-order valence-electron chi connectivity index (χ3n) is 3.03. The van der Waals surface area contributed by atoms with Gasteiger partial charge in [0.15, 0.2) is 9.84 Å². The van der Waals surface area contributed by atoms with Crippen molar-refractivity contribution in [2.24, 2.45) is 0 Å². The van der Waals surface area contributed by atoms with Crippen LogP contribution in [0, 0.1) is 0 Å². The van der Waals surface area contributed by atoms with Crippen LogP contribution in [0.1, 0.15) is 30.6 Å². The predicted molar refractivity (Wildman–Crippen MR) is 78.9 cm³/mol. The molecular formula is C13H17BrO5S. The molecule has 0 atom stereocenters. The van der Waals surface area contributed by atoms with E-state index in [9.17, 15) is 13.2 Å². The molecule has 0 amide bonds. The van der Waals surface area contributed by atoms with E-state index >= 15 is 0 Å². The van der Waals surface area contributed by atoms with E-state index in [-0.39, 0.29) is 22.6 Å². The van der Waals surface area contributed by atoms with Crippen LogP contribution in [0.15, 0.2) is 27.6 Å². The smallest absolute Gasteiger partial charge is 0.337 e.